The minimum absolute atomic E-state index is 0. The molecule has 0 atom stereocenters. The lowest BCUT2D eigenvalue weighted by molar-refractivity contribution is 0.0708. The molecule has 27 heavy (non-hydrogen) atoms. The molecule has 0 spiro atoms. The van der Waals surface area contributed by atoms with E-state index in [2.05, 4.69) is 15.3 Å². The Bertz CT molecular complexity index is 931. The Balaban J connectivity index is 0.00000131. The van der Waals surface area contributed by atoms with Gasteiger partial charge < -0.3 is 10.6 Å². The summed E-state index contributed by atoms with van der Waals surface area (Å²) in [6.07, 6.45) is 5.22. The van der Waals surface area contributed by atoms with E-state index in [0.29, 0.717) is 18.8 Å². The first-order valence-corrected chi connectivity index (χ1v) is 8.45. The first kappa shape index (κ1) is 21.1. The van der Waals surface area contributed by atoms with E-state index in [1.165, 1.54) is 0 Å². The summed E-state index contributed by atoms with van der Waals surface area (Å²) in [5.41, 5.74) is 7.96. The Hall–Kier alpha value is -2.22. The average molecular weight is 409 g/mol. The van der Waals surface area contributed by atoms with Gasteiger partial charge in [-0.15, -0.1) is 29.9 Å². The fourth-order valence-electron chi connectivity index (χ4n) is 3.30. The fourth-order valence-corrected chi connectivity index (χ4v) is 3.30. The highest BCUT2D eigenvalue weighted by atomic mass is 35.5. The topological polar surface area (TPSA) is 89.9 Å². The first-order valence-electron chi connectivity index (χ1n) is 8.45. The van der Waals surface area contributed by atoms with Crippen molar-refractivity contribution in [1.29, 1.82) is 0 Å². The van der Waals surface area contributed by atoms with Crippen LogP contribution in [0.5, 0.6) is 0 Å². The average Bonchev–Trinajstić information content (AvgIpc) is 3.02. The van der Waals surface area contributed by atoms with Crippen molar-refractivity contribution in [1.82, 2.24) is 24.9 Å². The number of pyridine rings is 1. The van der Waals surface area contributed by atoms with E-state index >= 15 is 0 Å². The highest BCUT2D eigenvalue weighted by Crippen LogP contribution is 2.23. The summed E-state index contributed by atoms with van der Waals surface area (Å²) in [7, 11) is 0. The summed E-state index contributed by atoms with van der Waals surface area (Å²) in [6, 6.07) is 8.05. The van der Waals surface area contributed by atoms with Crippen LogP contribution in [0.2, 0.25) is 0 Å². The maximum Gasteiger partial charge on any atom is 0.276 e. The van der Waals surface area contributed by atoms with Gasteiger partial charge in [-0.25, -0.2) is 4.68 Å². The molecule has 1 aliphatic heterocycles. The molecule has 0 aliphatic carbocycles. The highest BCUT2D eigenvalue weighted by molar-refractivity contribution is 5.94. The molecule has 1 saturated heterocycles. The number of amides is 1. The molecule has 7 nitrogen and oxygen atoms in total. The third kappa shape index (κ3) is 3.90. The minimum atomic E-state index is -0.0717. The highest BCUT2D eigenvalue weighted by Gasteiger charge is 2.26. The number of nitrogens with two attached hydrogens (primary N) is 1. The van der Waals surface area contributed by atoms with Crippen LogP contribution in [0.15, 0.2) is 36.7 Å². The lowest BCUT2D eigenvalue weighted by Crippen LogP contribution is -2.43. The minimum Gasteiger partial charge on any atom is -0.337 e. The van der Waals surface area contributed by atoms with E-state index in [9.17, 15) is 4.79 Å². The van der Waals surface area contributed by atoms with Gasteiger partial charge in [0, 0.05) is 42.3 Å². The Labute approximate surface area is 169 Å². The summed E-state index contributed by atoms with van der Waals surface area (Å²) in [4.78, 5) is 18.8. The van der Waals surface area contributed by atoms with Gasteiger partial charge in [0.15, 0.2) is 5.69 Å². The zero-order chi connectivity index (χ0) is 17.4. The summed E-state index contributed by atoms with van der Waals surface area (Å²) in [6.45, 7) is 3.22. The van der Waals surface area contributed by atoms with Crippen LogP contribution in [-0.2, 0) is 0 Å². The van der Waals surface area contributed by atoms with Gasteiger partial charge in [0.2, 0.25) is 0 Å². The molecule has 9 heteroatoms. The third-order valence-electron chi connectivity index (χ3n) is 4.81. The van der Waals surface area contributed by atoms with Gasteiger partial charge in [0.05, 0.1) is 11.4 Å². The Kier molecular flexibility index (Phi) is 6.75. The van der Waals surface area contributed by atoms with Crippen molar-refractivity contribution in [3.63, 3.8) is 0 Å². The molecule has 0 unspecified atom stereocenters. The van der Waals surface area contributed by atoms with Crippen LogP contribution >= 0.6 is 24.8 Å². The number of carbonyl (C=O) groups is 1. The number of benzene rings is 1. The number of carbonyl (C=O) groups excluding carboxylic acids is 1. The largest absolute Gasteiger partial charge is 0.337 e. The number of aromatic nitrogens is 4. The number of hydrogen-bond donors (Lipinski definition) is 1. The van der Waals surface area contributed by atoms with Crippen LogP contribution in [0.1, 0.15) is 29.0 Å². The first-order chi connectivity index (χ1) is 12.1. The maximum atomic E-state index is 12.8. The van der Waals surface area contributed by atoms with Crippen LogP contribution in [0.25, 0.3) is 16.5 Å². The summed E-state index contributed by atoms with van der Waals surface area (Å²) < 4.78 is 1.73. The maximum absolute atomic E-state index is 12.8. The van der Waals surface area contributed by atoms with Gasteiger partial charge in [0.1, 0.15) is 0 Å². The van der Waals surface area contributed by atoms with Crippen molar-refractivity contribution in [2.75, 3.05) is 13.1 Å². The zero-order valence-corrected chi connectivity index (χ0v) is 16.5. The molecule has 2 aromatic heterocycles. The van der Waals surface area contributed by atoms with E-state index in [1.54, 1.807) is 10.9 Å². The van der Waals surface area contributed by atoms with Crippen molar-refractivity contribution >= 4 is 41.5 Å². The van der Waals surface area contributed by atoms with E-state index in [1.807, 2.05) is 42.3 Å². The SMILES string of the molecule is Cc1c(C(=O)N2CCC(N)CC2)nnn1-c1cccc2cnccc12.Cl.Cl. The van der Waals surface area contributed by atoms with Gasteiger partial charge in [-0.1, -0.05) is 17.3 Å². The van der Waals surface area contributed by atoms with Crippen LogP contribution < -0.4 is 5.73 Å². The second-order valence-corrected chi connectivity index (χ2v) is 6.44. The fraction of sp³-hybridized carbons (Fsp3) is 0.333. The van der Waals surface area contributed by atoms with E-state index in [-0.39, 0.29) is 36.8 Å². The Morgan fingerprint density at radius 3 is 2.67 bits per heavy atom. The van der Waals surface area contributed by atoms with Crippen LogP contribution in [0, 0.1) is 6.92 Å². The molecule has 2 N–H and O–H groups in total. The van der Waals surface area contributed by atoms with E-state index in [0.717, 1.165) is 35.0 Å². The molecule has 1 aromatic carbocycles. The normalized spacial score (nSPS) is 14.5. The molecular weight excluding hydrogens is 387 g/mol. The molecule has 0 bridgehead atoms. The smallest absolute Gasteiger partial charge is 0.276 e. The molecule has 3 heterocycles. The number of halogens is 2. The standard InChI is InChI=1S/C18H20N6O.2ClH/c1-12-17(18(25)23-9-6-14(19)7-10-23)21-22-24(12)16-4-2-3-13-11-20-8-5-15(13)16;;/h2-5,8,11,14H,6-7,9-10,19H2,1H3;2*1H. The number of rotatable bonds is 2. The zero-order valence-electron chi connectivity index (χ0n) is 14.9. The quantitative estimate of drug-likeness (QED) is 0.703. The monoisotopic (exact) mass is 408 g/mol. The second-order valence-electron chi connectivity index (χ2n) is 6.44. The van der Waals surface area contributed by atoms with Crippen LogP contribution in [-0.4, -0.2) is 49.9 Å². The number of fused-ring (bicyclic) bond motifs is 1. The molecule has 1 amide bonds. The molecule has 1 aliphatic rings. The predicted octanol–water partition coefficient (Wildman–Crippen LogP) is 2.53. The van der Waals surface area contributed by atoms with Crippen LogP contribution in [0.3, 0.4) is 0 Å². The van der Waals surface area contributed by atoms with Crippen molar-refractivity contribution in [2.24, 2.45) is 5.73 Å². The lowest BCUT2D eigenvalue weighted by atomic mass is 10.1. The molecule has 3 aromatic rings. The number of hydrogen-bond acceptors (Lipinski definition) is 5. The molecule has 4 rings (SSSR count). The number of nitrogens with zero attached hydrogens (tertiary/aromatic N) is 5. The second kappa shape index (κ2) is 8.65. The van der Waals surface area contributed by atoms with Gasteiger partial charge in [-0.3, -0.25) is 9.78 Å². The predicted molar refractivity (Wildman–Crippen MR) is 109 cm³/mol. The van der Waals surface area contributed by atoms with E-state index in [4.69, 9.17) is 5.73 Å². The Morgan fingerprint density at radius 2 is 1.93 bits per heavy atom. The van der Waals surface area contributed by atoms with Crippen molar-refractivity contribution in [3.8, 4) is 5.69 Å². The summed E-state index contributed by atoms with van der Waals surface area (Å²) >= 11 is 0. The van der Waals surface area contributed by atoms with Crippen molar-refractivity contribution in [3.05, 3.63) is 48.0 Å². The van der Waals surface area contributed by atoms with Crippen molar-refractivity contribution < 1.29 is 4.79 Å². The van der Waals surface area contributed by atoms with Crippen LogP contribution in [0.4, 0.5) is 0 Å². The lowest BCUT2D eigenvalue weighted by Gasteiger charge is -2.29. The summed E-state index contributed by atoms with van der Waals surface area (Å²) in [5.74, 6) is -0.0717. The van der Waals surface area contributed by atoms with Gasteiger partial charge >= 0.3 is 0 Å². The number of piperidine rings is 1. The molecule has 0 radical (unpaired) electrons. The summed E-state index contributed by atoms with van der Waals surface area (Å²) in [5, 5.41) is 10.5. The van der Waals surface area contributed by atoms with Gasteiger partial charge in [-0.05, 0) is 31.9 Å². The third-order valence-corrected chi connectivity index (χ3v) is 4.81. The van der Waals surface area contributed by atoms with E-state index < -0.39 is 0 Å². The Morgan fingerprint density at radius 1 is 1.19 bits per heavy atom. The molecule has 0 saturated carbocycles. The van der Waals surface area contributed by atoms with Gasteiger partial charge in [-0.2, -0.15) is 0 Å². The molecule has 144 valence electrons. The van der Waals surface area contributed by atoms with Crippen molar-refractivity contribution in [2.45, 2.75) is 25.8 Å². The van der Waals surface area contributed by atoms with Gasteiger partial charge in [0.25, 0.3) is 5.91 Å². The number of likely N-dealkylation sites (tertiary alicyclic amines) is 1. The molecule has 1 fully saturated rings. The molecular formula is C18H22Cl2N6O.